The summed E-state index contributed by atoms with van der Waals surface area (Å²) in [5.74, 6) is -0.788. The maximum absolute atomic E-state index is 12.2. The number of hydrogen-bond donors (Lipinski definition) is 1. The van der Waals surface area contributed by atoms with E-state index in [-0.39, 0.29) is 24.3 Å². The van der Waals surface area contributed by atoms with Crippen LogP contribution >= 0.6 is 0 Å². The van der Waals surface area contributed by atoms with Gasteiger partial charge in [-0.1, -0.05) is 0 Å². The molecule has 1 spiro atoms. The average Bonchev–Trinajstić information content (AvgIpc) is 2.93. The Morgan fingerprint density at radius 1 is 1.33 bits per heavy atom. The van der Waals surface area contributed by atoms with Crippen LogP contribution in [-0.4, -0.2) is 62.2 Å². The van der Waals surface area contributed by atoms with Crippen molar-refractivity contribution in [2.24, 2.45) is 11.8 Å². The molecule has 0 aromatic carbocycles. The summed E-state index contributed by atoms with van der Waals surface area (Å²) in [6, 6.07) is 0.391. The molecule has 24 heavy (non-hydrogen) atoms. The SMILES string of the molecule is CN1C[C@H](C(=O)NCCC(F)(F)F)C[C@@H]2CC3(CC[C@H]21)OCCO3. The monoisotopic (exact) mass is 350 g/mol. The van der Waals surface area contributed by atoms with Gasteiger partial charge in [0.25, 0.3) is 0 Å². The maximum Gasteiger partial charge on any atom is 0.390 e. The molecule has 0 aromatic heterocycles. The minimum absolute atomic E-state index is 0.272. The summed E-state index contributed by atoms with van der Waals surface area (Å²) in [6.07, 6.45) is -1.97. The molecule has 0 unspecified atom stereocenters. The first-order chi connectivity index (χ1) is 11.3. The zero-order chi connectivity index (χ0) is 17.4. The van der Waals surface area contributed by atoms with Gasteiger partial charge in [-0.15, -0.1) is 0 Å². The van der Waals surface area contributed by atoms with Gasteiger partial charge in [-0.2, -0.15) is 13.2 Å². The van der Waals surface area contributed by atoms with Crippen LogP contribution in [0, 0.1) is 11.8 Å². The Morgan fingerprint density at radius 3 is 2.71 bits per heavy atom. The van der Waals surface area contributed by atoms with Crippen molar-refractivity contribution in [2.45, 2.75) is 50.1 Å². The molecule has 1 aliphatic carbocycles. The van der Waals surface area contributed by atoms with Crippen LogP contribution in [-0.2, 0) is 14.3 Å². The first kappa shape index (κ1) is 17.9. The van der Waals surface area contributed by atoms with Crippen molar-refractivity contribution in [1.29, 1.82) is 0 Å². The van der Waals surface area contributed by atoms with Gasteiger partial charge in [0.2, 0.25) is 5.91 Å². The molecule has 2 heterocycles. The fourth-order valence-corrected chi connectivity index (χ4v) is 4.41. The summed E-state index contributed by atoms with van der Waals surface area (Å²) in [6.45, 7) is 1.45. The molecule has 1 saturated carbocycles. The van der Waals surface area contributed by atoms with Crippen molar-refractivity contribution < 1.29 is 27.4 Å². The van der Waals surface area contributed by atoms with E-state index in [0.29, 0.717) is 32.2 Å². The van der Waals surface area contributed by atoms with Crippen LogP contribution in [0.15, 0.2) is 0 Å². The topological polar surface area (TPSA) is 50.8 Å². The lowest BCUT2D eigenvalue weighted by Crippen LogP contribution is -2.55. The van der Waals surface area contributed by atoms with Crippen LogP contribution in [0.25, 0.3) is 0 Å². The Labute approximate surface area is 139 Å². The van der Waals surface area contributed by atoms with Crippen molar-refractivity contribution in [1.82, 2.24) is 10.2 Å². The van der Waals surface area contributed by atoms with Crippen LogP contribution < -0.4 is 5.32 Å². The second-order valence-corrected chi connectivity index (χ2v) is 7.21. The summed E-state index contributed by atoms with van der Waals surface area (Å²) in [5, 5.41) is 2.44. The lowest BCUT2D eigenvalue weighted by atomic mass is 9.72. The molecular formula is C16H25F3N2O3. The van der Waals surface area contributed by atoms with Gasteiger partial charge in [0.05, 0.1) is 25.6 Å². The second-order valence-electron chi connectivity index (χ2n) is 7.21. The maximum atomic E-state index is 12.2. The number of alkyl halides is 3. The molecule has 2 aliphatic heterocycles. The standard InChI is InChI=1S/C16H25F3N2O3/c1-21-10-12(14(22)20-5-4-16(17,18)19)8-11-9-15(3-2-13(11)21)23-6-7-24-15/h11-13H,2-10H2,1H3,(H,20,22)/t11-,12-,13-/m1/s1. The van der Waals surface area contributed by atoms with E-state index < -0.39 is 18.4 Å². The molecule has 138 valence electrons. The van der Waals surface area contributed by atoms with E-state index in [4.69, 9.17) is 9.47 Å². The van der Waals surface area contributed by atoms with E-state index in [1.54, 1.807) is 0 Å². The Balaban J connectivity index is 1.56. The number of ether oxygens (including phenoxy) is 2. The fourth-order valence-electron chi connectivity index (χ4n) is 4.41. The number of nitrogens with one attached hydrogen (secondary N) is 1. The zero-order valence-corrected chi connectivity index (χ0v) is 13.9. The molecule has 0 bridgehead atoms. The highest BCUT2D eigenvalue weighted by Crippen LogP contribution is 2.44. The third-order valence-corrected chi connectivity index (χ3v) is 5.49. The quantitative estimate of drug-likeness (QED) is 0.845. The molecule has 2 saturated heterocycles. The highest BCUT2D eigenvalue weighted by atomic mass is 19.4. The van der Waals surface area contributed by atoms with E-state index in [2.05, 4.69) is 10.2 Å². The Bertz CT molecular complexity index is 466. The molecule has 3 fully saturated rings. The molecule has 1 amide bonds. The summed E-state index contributed by atoms with van der Waals surface area (Å²) in [4.78, 5) is 14.4. The van der Waals surface area contributed by atoms with Gasteiger partial charge in [-0.3, -0.25) is 4.79 Å². The molecular weight excluding hydrogens is 325 g/mol. The Kier molecular flexibility index (Phi) is 5.09. The van der Waals surface area contributed by atoms with Gasteiger partial charge in [0.1, 0.15) is 0 Å². The molecule has 0 radical (unpaired) electrons. The summed E-state index contributed by atoms with van der Waals surface area (Å²) in [7, 11) is 1.99. The van der Waals surface area contributed by atoms with Gasteiger partial charge >= 0.3 is 6.18 Å². The van der Waals surface area contributed by atoms with E-state index in [0.717, 1.165) is 19.3 Å². The lowest BCUT2D eigenvalue weighted by molar-refractivity contribution is -0.202. The fraction of sp³-hybridized carbons (Fsp3) is 0.938. The minimum Gasteiger partial charge on any atom is -0.355 e. The van der Waals surface area contributed by atoms with E-state index in [1.807, 2.05) is 7.05 Å². The van der Waals surface area contributed by atoms with Gasteiger partial charge in [0, 0.05) is 32.0 Å². The van der Waals surface area contributed by atoms with Crippen LogP contribution in [0.4, 0.5) is 13.2 Å². The van der Waals surface area contributed by atoms with Crippen molar-refractivity contribution in [3.63, 3.8) is 0 Å². The van der Waals surface area contributed by atoms with Gasteiger partial charge in [-0.05, 0) is 25.8 Å². The summed E-state index contributed by atoms with van der Waals surface area (Å²) in [5.41, 5.74) is 0. The second kappa shape index (κ2) is 6.80. The number of rotatable bonds is 3. The molecule has 3 aliphatic rings. The number of piperidine rings is 1. The van der Waals surface area contributed by atoms with Crippen LogP contribution in [0.5, 0.6) is 0 Å². The first-order valence-electron chi connectivity index (χ1n) is 8.61. The Hall–Kier alpha value is -0.860. The third kappa shape index (κ3) is 4.03. The average molecular weight is 350 g/mol. The largest absolute Gasteiger partial charge is 0.390 e. The van der Waals surface area contributed by atoms with E-state index >= 15 is 0 Å². The number of nitrogens with zero attached hydrogens (tertiary/aromatic N) is 1. The zero-order valence-electron chi connectivity index (χ0n) is 13.9. The van der Waals surface area contributed by atoms with Crippen LogP contribution in [0.1, 0.15) is 32.1 Å². The van der Waals surface area contributed by atoms with Gasteiger partial charge < -0.3 is 19.7 Å². The number of likely N-dealkylation sites (tertiary alicyclic amines) is 1. The van der Waals surface area contributed by atoms with Gasteiger partial charge in [-0.25, -0.2) is 0 Å². The molecule has 0 aromatic rings. The number of carbonyl (C=O) groups is 1. The number of amides is 1. The highest BCUT2D eigenvalue weighted by Gasteiger charge is 2.49. The molecule has 3 rings (SSSR count). The lowest BCUT2D eigenvalue weighted by Gasteiger charge is -2.49. The normalized spacial score (nSPS) is 33.4. The van der Waals surface area contributed by atoms with Crippen molar-refractivity contribution in [3.8, 4) is 0 Å². The predicted octanol–water partition coefficient (Wildman–Crippen LogP) is 1.92. The number of fused-ring (bicyclic) bond motifs is 1. The number of carbonyl (C=O) groups excluding carboxylic acids is 1. The van der Waals surface area contributed by atoms with Gasteiger partial charge in [0.15, 0.2) is 5.79 Å². The smallest absolute Gasteiger partial charge is 0.355 e. The first-order valence-corrected chi connectivity index (χ1v) is 8.61. The summed E-state index contributed by atoms with van der Waals surface area (Å²) < 4.78 is 48.2. The summed E-state index contributed by atoms with van der Waals surface area (Å²) >= 11 is 0. The van der Waals surface area contributed by atoms with Crippen molar-refractivity contribution in [3.05, 3.63) is 0 Å². The van der Waals surface area contributed by atoms with E-state index in [1.165, 1.54) is 0 Å². The number of hydrogen-bond acceptors (Lipinski definition) is 4. The predicted molar refractivity (Wildman–Crippen MR) is 80.2 cm³/mol. The molecule has 8 heteroatoms. The number of halogens is 3. The minimum atomic E-state index is -4.24. The van der Waals surface area contributed by atoms with Crippen molar-refractivity contribution >= 4 is 5.91 Å². The van der Waals surface area contributed by atoms with Crippen LogP contribution in [0.2, 0.25) is 0 Å². The van der Waals surface area contributed by atoms with Crippen LogP contribution in [0.3, 0.4) is 0 Å². The molecule has 3 atom stereocenters. The Morgan fingerprint density at radius 2 is 2.04 bits per heavy atom. The molecule has 5 nitrogen and oxygen atoms in total. The van der Waals surface area contributed by atoms with E-state index in [9.17, 15) is 18.0 Å². The highest BCUT2D eigenvalue weighted by molar-refractivity contribution is 5.79. The molecule has 1 N–H and O–H groups in total. The van der Waals surface area contributed by atoms with Crippen molar-refractivity contribution in [2.75, 3.05) is 33.4 Å². The third-order valence-electron chi connectivity index (χ3n) is 5.49.